The average molecular weight is 325 g/mol. The number of amides is 2. The van der Waals surface area contributed by atoms with Crippen molar-refractivity contribution in [1.82, 2.24) is 9.80 Å². The molecule has 5 nitrogen and oxygen atoms in total. The third-order valence-electron chi connectivity index (χ3n) is 3.99. The predicted octanol–water partition coefficient (Wildman–Crippen LogP) is 1.48. The van der Waals surface area contributed by atoms with Gasteiger partial charge in [0.15, 0.2) is 0 Å². The zero-order valence-electron chi connectivity index (χ0n) is 13.4. The average Bonchev–Trinajstić information content (AvgIpc) is 2.49. The molecule has 0 N–H and O–H groups in total. The summed E-state index contributed by atoms with van der Waals surface area (Å²) in [5, 5.41) is 0. The van der Waals surface area contributed by atoms with Crippen LogP contribution in [0.4, 0.5) is 14.5 Å². The van der Waals surface area contributed by atoms with Crippen LogP contribution in [0.15, 0.2) is 18.2 Å². The van der Waals surface area contributed by atoms with Crippen LogP contribution in [0.3, 0.4) is 0 Å². The predicted molar refractivity (Wildman–Crippen MR) is 83.1 cm³/mol. The summed E-state index contributed by atoms with van der Waals surface area (Å²) in [5.74, 6) is -1.97. The number of carbonyl (C=O) groups is 2. The van der Waals surface area contributed by atoms with Crippen molar-refractivity contribution in [1.29, 1.82) is 0 Å². The number of carbonyl (C=O) groups excluding carboxylic acids is 2. The fraction of sp³-hybridized carbons (Fsp3) is 0.500. The number of halogens is 2. The molecule has 0 aliphatic carbocycles. The summed E-state index contributed by atoms with van der Waals surface area (Å²) in [5.41, 5.74) is -0.00919. The smallest absolute Gasteiger partial charge is 0.224 e. The number of nitrogens with zero attached hydrogens (tertiary/aromatic N) is 3. The van der Waals surface area contributed by atoms with Gasteiger partial charge in [0, 0.05) is 52.1 Å². The Morgan fingerprint density at radius 2 is 1.83 bits per heavy atom. The molecule has 126 valence electrons. The number of piperazine rings is 1. The largest absolute Gasteiger partial charge is 0.340 e. The second-order valence-electron chi connectivity index (χ2n) is 5.70. The number of hydrogen-bond acceptors (Lipinski definition) is 3. The molecule has 0 aromatic heterocycles. The van der Waals surface area contributed by atoms with Gasteiger partial charge in [-0.2, -0.15) is 0 Å². The molecule has 0 unspecified atom stereocenters. The van der Waals surface area contributed by atoms with E-state index in [1.54, 1.807) is 4.90 Å². The van der Waals surface area contributed by atoms with Crippen LogP contribution >= 0.6 is 0 Å². The third kappa shape index (κ3) is 4.48. The van der Waals surface area contributed by atoms with E-state index >= 15 is 0 Å². The molecule has 0 atom stereocenters. The molecule has 1 aromatic rings. The van der Waals surface area contributed by atoms with Gasteiger partial charge in [-0.3, -0.25) is 9.59 Å². The Morgan fingerprint density at radius 3 is 2.39 bits per heavy atom. The summed E-state index contributed by atoms with van der Waals surface area (Å²) in [6.45, 7) is 4.30. The molecule has 2 rings (SSSR count). The Hall–Kier alpha value is -2.02. The van der Waals surface area contributed by atoms with Gasteiger partial charge in [-0.1, -0.05) is 0 Å². The summed E-state index contributed by atoms with van der Waals surface area (Å²) >= 11 is 0. The van der Waals surface area contributed by atoms with Crippen molar-refractivity contribution in [2.75, 3.05) is 44.7 Å². The first-order valence-corrected chi connectivity index (χ1v) is 7.58. The third-order valence-corrected chi connectivity index (χ3v) is 3.99. The Morgan fingerprint density at radius 1 is 1.17 bits per heavy atom. The SMILES string of the molecule is CC(=O)N(CCC(=O)N1CCN(C)CC1)c1ccc(F)cc1F. The zero-order valence-corrected chi connectivity index (χ0v) is 13.4. The van der Waals surface area contributed by atoms with E-state index in [0.29, 0.717) is 13.1 Å². The fourth-order valence-electron chi connectivity index (χ4n) is 2.57. The molecule has 1 aliphatic rings. The molecule has 1 heterocycles. The van der Waals surface area contributed by atoms with Gasteiger partial charge in [-0.15, -0.1) is 0 Å². The number of benzene rings is 1. The van der Waals surface area contributed by atoms with Crippen LogP contribution in [-0.4, -0.2) is 61.4 Å². The van der Waals surface area contributed by atoms with E-state index in [1.165, 1.54) is 17.9 Å². The first kappa shape index (κ1) is 17.3. The van der Waals surface area contributed by atoms with Crippen molar-refractivity contribution < 1.29 is 18.4 Å². The lowest BCUT2D eigenvalue weighted by atomic mass is 10.2. The van der Waals surface area contributed by atoms with Gasteiger partial charge in [0.2, 0.25) is 11.8 Å². The molecule has 1 fully saturated rings. The molecule has 2 amide bonds. The van der Waals surface area contributed by atoms with E-state index in [4.69, 9.17) is 0 Å². The number of anilines is 1. The van der Waals surface area contributed by atoms with Gasteiger partial charge in [0.1, 0.15) is 11.6 Å². The number of hydrogen-bond donors (Lipinski definition) is 0. The normalized spacial score (nSPS) is 15.6. The second-order valence-corrected chi connectivity index (χ2v) is 5.70. The molecular formula is C16H21F2N3O2. The highest BCUT2D eigenvalue weighted by Crippen LogP contribution is 2.21. The molecule has 0 bridgehead atoms. The van der Waals surface area contributed by atoms with Gasteiger partial charge in [0.25, 0.3) is 0 Å². The lowest BCUT2D eigenvalue weighted by Gasteiger charge is -2.33. The highest BCUT2D eigenvalue weighted by Gasteiger charge is 2.22. The second kappa shape index (κ2) is 7.50. The minimum Gasteiger partial charge on any atom is -0.340 e. The van der Waals surface area contributed by atoms with E-state index in [1.807, 2.05) is 7.05 Å². The van der Waals surface area contributed by atoms with Crippen LogP contribution in [0.25, 0.3) is 0 Å². The molecule has 0 spiro atoms. The van der Waals surface area contributed by atoms with E-state index in [2.05, 4.69) is 4.90 Å². The van der Waals surface area contributed by atoms with Crippen LogP contribution in [0.1, 0.15) is 13.3 Å². The Balaban J connectivity index is 2.00. The molecule has 23 heavy (non-hydrogen) atoms. The Bertz CT molecular complexity index is 587. The summed E-state index contributed by atoms with van der Waals surface area (Å²) in [6.07, 6.45) is 0.111. The van der Waals surface area contributed by atoms with E-state index < -0.39 is 11.6 Å². The van der Waals surface area contributed by atoms with Crippen LogP contribution < -0.4 is 4.90 Å². The van der Waals surface area contributed by atoms with Crippen molar-refractivity contribution >= 4 is 17.5 Å². The van der Waals surface area contributed by atoms with E-state index in [0.717, 1.165) is 25.2 Å². The van der Waals surface area contributed by atoms with Crippen molar-refractivity contribution in [3.8, 4) is 0 Å². The molecule has 0 saturated carbocycles. The summed E-state index contributed by atoms with van der Waals surface area (Å²) < 4.78 is 26.8. The van der Waals surface area contributed by atoms with Crippen molar-refractivity contribution in [3.05, 3.63) is 29.8 Å². The monoisotopic (exact) mass is 325 g/mol. The highest BCUT2D eigenvalue weighted by atomic mass is 19.1. The minimum atomic E-state index is -0.813. The fourth-order valence-corrected chi connectivity index (χ4v) is 2.57. The maximum atomic E-state index is 13.8. The maximum Gasteiger partial charge on any atom is 0.224 e. The highest BCUT2D eigenvalue weighted by molar-refractivity contribution is 5.92. The topological polar surface area (TPSA) is 43.9 Å². The number of likely N-dealkylation sites (N-methyl/N-ethyl adjacent to an activating group) is 1. The van der Waals surface area contributed by atoms with Crippen LogP contribution in [0, 0.1) is 11.6 Å². The molecule has 1 saturated heterocycles. The van der Waals surface area contributed by atoms with Crippen molar-refractivity contribution in [2.45, 2.75) is 13.3 Å². The van der Waals surface area contributed by atoms with Gasteiger partial charge >= 0.3 is 0 Å². The minimum absolute atomic E-state index is 0.00919. The van der Waals surface area contributed by atoms with Gasteiger partial charge in [0.05, 0.1) is 5.69 Å². The van der Waals surface area contributed by atoms with E-state index in [-0.39, 0.29) is 30.5 Å². The molecule has 7 heteroatoms. The quantitative estimate of drug-likeness (QED) is 0.842. The van der Waals surface area contributed by atoms with Gasteiger partial charge in [-0.05, 0) is 19.2 Å². The van der Waals surface area contributed by atoms with Gasteiger partial charge < -0.3 is 14.7 Å². The standard InChI is InChI=1S/C16H21F2N3O2/c1-12(22)21(15-4-3-13(17)11-14(15)18)6-5-16(23)20-9-7-19(2)8-10-20/h3-4,11H,5-10H2,1-2H3. The van der Waals surface area contributed by atoms with Crippen molar-refractivity contribution in [2.24, 2.45) is 0 Å². The van der Waals surface area contributed by atoms with Crippen LogP contribution in [0.5, 0.6) is 0 Å². The zero-order chi connectivity index (χ0) is 17.0. The Kier molecular flexibility index (Phi) is 5.65. The first-order chi connectivity index (χ1) is 10.9. The molecule has 1 aromatic carbocycles. The van der Waals surface area contributed by atoms with Gasteiger partial charge in [-0.25, -0.2) is 8.78 Å². The summed E-state index contributed by atoms with van der Waals surface area (Å²) in [4.78, 5) is 29.0. The first-order valence-electron chi connectivity index (χ1n) is 7.58. The molecular weight excluding hydrogens is 304 g/mol. The van der Waals surface area contributed by atoms with Crippen LogP contribution in [-0.2, 0) is 9.59 Å². The summed E-state index contributed by atoms with van der Waals surface area (Å²) in [6, 6.07) is 3.04. The maximum absolute atomic E-state index is 13.8. The number of rotatable bonds is 4. The van der Waals surface area contributed by atoms with Crippen molar-refractivity contribution in [3.63, 3.8) is 0 Å². The van der Waals surface area contributed by atoms with Crippen LogP contribution in [0.2, 0.25) is 0 Å². The van der Waals surface area contributed by atoms with E-state index in [9.17, 15) is 18.4 Å². The molecule has 0 radical (unpaired) electrons. The molecule has 1 aliphatic heterocycles. The summed E-state index contributed by atoms with van der Waals surface area (Å²) in [7, 11) is 2.00. The lowest BCUT2D eigenvalue weighted by Crippen LogP contribution is -2.48. The lowest BCUT2D eigenvalue weighted by molar-refractivity contribution is -0.132. The Labute approximate surface area is 134 Å².